The summed E-state index contributed by atoms with van der Waals surface area (Å²) in [7, 11) is -3.22. The average molecular weight is 433 g/mol. The molecule has 0 radical (unpaired) electrons. The summed E-state index contributed by atoms with van der Waals surface area (Å²) in [6.07, 6.45) is -10.5. The minimum Gasteiger partial charge on any atom is -0.493 e. The maximum atomic E-state index is 14.3. The molecule has 0 aliphatic rings. The van der Waals surface area contributed by atoms with Crippen molar-refractivity contribution < 1.29 is 63.7 Å². The van der Waals surface area contributed by atoms with E-state index in [1.54, 1.807) is 0 Å². The van der Waals surface area contributed by atoms with Crippen LogP contribution >= 0.6 is 0 Å². The number of rotatable bonds is 6. The number of carboxylic acids is 1. The van der Waals surface area contributed by atoms with Gasteiger partial charge >= 0.3 is 18.7 Å². The Morgan fingerprint density at radius 2 is 1.52 bits per heavy atom. The van der Waals surface area contributed by atoms with Crippen molar-refractivity contribution in [3.63, 3.8) is 0 Å². The number of methoxy groups -OCH3 is 1. The van der Waals surface area contributed by atoms with Gasteiger partial charge in [-0.1, -0.05) is 0 Å². The van der Waals surface area contributed by atoms with Crippen molar-refractivity contribution in [3.05, 3.63) is 41.7 Å². The molecule has 2 rings (SSSR count). The molecule has 0 spiro atoms. The fourth-order valence-corrected chi connectivity index (χ4v) is 2.00. The van der Waals surface area contributed by atoms with E-state index in [0.29, 0.717) is 30.3 Å². The minimum atomic E-state index is -5.35. The van der Waals surface area contributed by atoms with Crippen molar-refractivity contribution in [2.45, 2.75) is 12.7 Å². The largest absolute Gasteiger partial charge is 0.573 e. The summed E-state index contributed by atoms with van der Waals surface area (Å²) in [6, 6.07) is 2.66. The standard InChI is InChI=1S/C16H9F7O6/c1-26-11-6-7(28-15(18,19)20)2-3-8(11)27-9-4-5-10(29-16(21,22)23)13(17)12(9)14(24)25/h2-6H,1H3,(H,24,25)/i1D3. The molecular formula is C16H9F7O6. The first-order chi connectivity index (χ1) is 14.5. The molecule has 0 aliphatic carbocycles. The van der Waals surface area contributed by atoms with Crippen LogP contribution in [0.15, 0.2) is 30.3 Å². The van der Waals surface area contributed by atoms with E-state index in [-0.39, 0.29) is 0 Å². The molecule has 0 bridgehead atoms. The lowest BCUT2D eigenvalue weighted by Gasteiger charge is -2.16. The number of carboxylic acid groups (broad SMARTS) is 1. The van der Waals surface area contributed by atoms with Crippen LogP contribution in [0, 0.1) is 5.82 Å². The summed E-state index contributed by atoms with van der Waals surface area (Å²) in [5, 5.41) is 9.15. The normalized spacial score (nSPS) is 13.7. The average Bonchev–Trinajstić information content (AvgIpc) is 2.55. The van der Waals surface area contributed by atoms with Crippen LogP contribution in [0.3, 0.4) is 0 Å². The van der Waals surface area contributed by atoms with Crippen molar-refractivity contribution in [3.8, 4) is 28.7 Å². The number of ether oxygens (including phenoxy) is 4. The van der Waals surface area contributed by atoms with E-state index in [4.69, 9.17) is 14.0 Å². The molecule has 0 aromatic heterocycles. The lowest BCUT2D eigenvalue weighted by Crippen LogP contribution is -2.19. The summed E-state index contributed by atoms with van der Waals surface area (Å²) in [4.78, 5) is 11.4. The maximum Gasteiger partial charge on any atom is 0.573 e. The van der Waals surface area contributed by atoms with E-state index in [0.717, 1.165) is 0 Å². The van der Waals surface area contributed by atoms with Gasteiger partial charge < -0.3 is 24.1 Å². The van der Waals surface area contributed by atoms with E-state index in [1.165, 1.54) is 0 Å². The number of aromatic carboxylic acids is 1. The second-order valence-electron chi connectivity index (χ2n) is 4.96. The fraction of sp³-hybridized carbons (Fsp3) is 0.188. The van der Waals surface area contributed by atoms with Gasteiger partial charge in [0.15, 0.2) is 23.1 Å². The molecule has 0 aliphatic heterocycles. The van der Waals surface area contributed by atoms with Gasteiger partial charge in [0.25, 0.3) is 0 Å². The molecular weight excluding hydrogens is 421 g/mol. The Hall–Kier alpha value is -3.38. The molecule has 29 heavy (non-hydrogen) atoms. The third-order valence-corrected chi connectivity index (χ3v) is 2.99. The Bertz CT molecular complexity index is 1010. The summed E-state index contributed by atoms with van der Waals surface area (Å²) in [5.41, 5.74) is -1.44. The maximum absolute atomic E-state index is 14.3. The van der Waals surface area contributed by atoms with Crippen LogP contribution in [0.25, 0.3) is 0 Å². The highest BCUT2D eigenvalue weighted by atomic mass is 19.4. The Kier molecular flexibility index (Phi) is 4.84. The van der Waals surface area contributed by atoms with Crippen LogP contribution < -0.4 is 18.9 Å². The van der Waals surface area contributed by atoms with Gasteiger partial charge in [-0.25, -0.2) is 9.18 Å². The lowest BCUT2D eigenvalue weighted by atomic mass is 10.1. The summed E-state index contributed by atoms with van der Waals surface area (Å²) in [5.74, 6) is -9.09. The van der Waals surface area contributed by atoms with Crippen LogP contribution in [0.4, 0.5) is 30.7 Å². The van der Waals surface area contributed by atoms with Gasteiger partial charge in [-0.15, -0.1) is 26.3 Å². The van der Waals surface area contributed by atoms with E-state index < -0.39 is 65.9 Å². The van der Waals surface area contributed by atoms with E-state index in [2.05, 4.69) is 14.2 Å². The van der Waals surface area contributed by atoms with Crippen LogP contribution in [0.5, 0.6) is 28.7 Å². The molecule has 0 atom stereocenters. The number of benzene rings is 2. The van der Waals surface area contributed by atoms with Gasteiger partial charge in [0, 0.05) is 6.07 Å². The molecule has 0 unspecified atom stereocenters. The molecule has 6 nitrogen and oxygen atoms in total. The van der Waals surface area contributed by atoms with Gasteiger partial charge in [0.2, 0.25) is 0 Å². The third-order valence-electron chi connectivity index (χ3n) is 2.99. The number of carbonyl (C=O) groups is 1. The van der Waals surface area contributed by atoms with E-state index >= 15 is 0 Å². The zero-order chi connectivity index (χ0) is 24.5. The van der Waals surface area contributed by atoms with Crippen LogP contribution in [0.1, 0.15) is 14.5 Å². The Morgan fingerprint density at radius 3 is 2.07 bits per heavy atom. The summed E-state index contributed by atoms with van der Waals surface area (Å²) < 4.78 is 126. The van der Waals surface area contributed by atoms with E-state index in [9.17, 15) is 35.5 Å². The molecule has 0 amide bonds. The molecule has 0 heterocycles. The molecule has 13 heteroatoms. The minimum absolute atomic E-state index is 0.371. The number of hydrogen-bond donors (Lipinski definition) is 1. The van der Waals surface area contributed by atoms with Crippen LogP contribution in [-0.4, -0.2) is 30.8 Å². The Balaban J connectivity index is 2.52. The predicted octanol–water partition coefficient (Wildman–Crippen LogP) is 5.12. The zero-order valence-corrected chi connectivity index (χ0v) is 13.5. The smallest absolute Gasteiger partial charge is 0.493 e. The van der Waals surface area contributed by atoms with Crippen LogP contribution in [0.2, 0.25) is 0 Å². The molecule has 2 aromatic rings. The van der Waals surface area contributed by atoms with Crippen molar-refractivity contribution >= 4 is 5.97 Å². The molecule has 2 aromatic carbocycles. The number of alkyl halides is 6. The first-order valence-corrected chi connectivity index (χ1v) is 7.03. The van der Waals surface area contributed by atoms with Gasteiger partial charge in [-0.2, -0.15) is 0 Å². The Labute approximate surface area is 161 Å². The predicted molar refractivity (Wildman–Crippen MR) is 79.8 cm³/mol. The second-order valence-corrected chi connectivity index (χ2v) is 4.96. The molecule has 0 saturated heterocycles. The van der Waals surface area contributed by atoms with Gasteiger partial charge in [-0.05, 0) is 24.3 Å². The van der Waals surface area contributed by atoms with Crippen molar-refractivity contribution in [2.24, 2.45) is 0 Å². The van der Waals surface area contributed by atoms with Crippen molar-refractivity contribution in [2.75, 3.05) is 7.04 Å². The first-order valence-electron chi connectivity index (χ1n) is 8.53. The highest BCUT2D eigenvalue weighted by molar-refractivity contribution is 5.92. The SMILES string of the molecule is [2H]C([2H])([2H])Oc1cc(OC(F)(F)F)ccc1Oc1ccc(OC(F)(F)F)c(F)c1C(=O)O. The van der Waals surface area contributed by atoms with Gasteiger partial charge in [0.1, 0.15) is 17.1 Å². The number of hydrogen-bond acceptors (Lipinski definition) is 5. The highest BCUT2D eigenvalue weighted by Gasteiger charge is 2.35. The van der Waals surface area contributed by atoms with Crippen molar-refractivity contribution in [1.29, 1.82) is 0 Å². The molecule has 158 valence electrons. The van der Waals surface area contributed by atoms with Gasteiger partial charge in [-0.3, -0.25) is 0 Å². The summed E-state index contributed by atoms with van der Waals surface area (Å²) >= 11 is 0. The topological polar surface area (TPSA) is 74.2 Å². The molecule has 0 fully saturated rings. The summed E-state index contributed by atoms with van der Waals surface area (Å²) in [6.45, 7) is 0. The Morgan fingerprint density at radius 1 is 0.931 bits per heavy atom. The number of halogens is 7. The molecule has 1 N–H and O–H groups in total. The van der Waals surface area contributed by atoms with Gasteiger partial charge in [0.05, 0.1) is 11.2 Å². The lowest BCUT2D eigenvalue weighted by molar-refractivity contribution is -0.276. The molecule has 0 saturated carbocycles. The van der Waals surface area contributed by atoms with E-state index in [1.807, 2.05) is 0 Å². The first kappa shape index (κ1) is 17.7. The zero-order valence-electron chi connectivity index (χ0n) is 16.5. The third kappa shape index (κ3) is 5.80. The second kappa shape index (κ2) is 7.93. The van der Waals surface area contributed by atoms with Crippen LogP contribution in [-0.2, 0) is 0 Å². The monoisotopic (exact) mass is 433 g/mol. The fourth-order valence-electron chi connectivity index (χ4n) is 2.00. The van der Waals surface area contributed by atoms with Crippen molar-refractivity contribution in [1.82, 2.24) is 0 Å². The quantitative estimate of drug-likeness (QED) is 0.638. The highest BCUT2D eigenvalue weighted by Crippen LogP contribution is 2.39.